The standard InChI is InChI=1S/C18H22N2O4/c1-2-12-3-7-15(8-4-12)20-10-13(9-17(20)22)18(23)24-11-16(21)19-14-5-6-14/h3-4,7-8,13-14H,2,5-6,9-11H2,1H3,(H,19,21). The molecule has 3 rings (SSSR count). The molecule has 0 aromatic heterocycles. The second-order valence-electron chi connectivity index (χ2n) is 6.37. The summed E-state index contributed by atoms with van der Waals surface area (Å²) in [6.45, 7) is 2.10. The number of anilines is 1. The Bertz CT molecular complexity index is 637. The molecule has 1 aromatic carbocycles. The van der Waals surface area contributed by atoms with Gasteiger partial charge < -0.3 is 15.0 Å². The molecular weight excluding hydrogens is 308 g/mol. The third-order valence-electron chi connectivity index (χ3n) is 4.40. The summed E-state index contributed by atoms with van der Waals surface area (Å²) in [6.07, 6.45) is 3.04. The minimum absolute atomic E-state index is 0.0939. The van der Waals surface area contributed by atoms with Crippen molar-refractivity contribution >= 4 is 23.5 Å². The lowest BCUT2D eigenvalue weighted by Crippen LogP contribution is -2.32. The first-order valence-electron chi connectivity index (χ1n) is 8.42. The van der Waals surface area contributed by atoms with Crippen molar-refractivity contribution in [2.24, 2.45) is 5.92 Å². The zero-order valence-electron chi connectivity index (χ0n) is 13.8. The van der Waals surface area contributed by atoms with Gasteiger partial charge in [0.15, 0.2) is 6.61 Å². The van der Waals surface area contributed by atoms with E-state index in [4.69, 9.17) is 4.74 Å². The quantitative estimate of drug-likeness (QED) is 0.801. The van der Waals surface area contributed by atoms with Crippen molar-refractivity contribution in [3.8, 4) is 0 Å². The van der Waals surface area contributed by atoms with E-state index in [0.717, 1.165) is 24.9 Å². The zero-order chi connectivity index (χ0) is 17.1. The highest BCUT2D eigenvalue weighted by atomic mass is 16.5. The first kappa shape index (κ1) is 16.5. The summed E-state index contributed by atoms with van der Waals surface area (Å²) < 4.78 is 5.06. The van der Waals surface area contributed by atoms with Gasteiger partial charge >= 0.3 is 5.97 Å². The van der Waals surface area contributed by atoms with E-state index >= 15 is 0 Å². The second kappa shape index (κ2) is 7.03. The van der Waals surface area contributed by atoms with E-state index in [2.05, 4.69) is 12.2 Å². The van der Waals surface area contributed by atoms with Gasteiger partial charge in [0.05, 0.1) is 5.92 Å². The van der Waals surface area contributed by atoms with Gasteiger partial charge in [0, 0.05) is 24.7 Å². The van der Waals surface area contributed by atoms with Gasteiger partial charge in [0.1, 0.15) is 0 Å². The fourth-order valence-corrected chi connectivity index (χ4v) is 2.78. The van der Waals surface area contributed by atoms with Gasteiger partial charge in [-0.3, -0.25) is 14.4 Å². The normalized spacial score (nSPS) is 20.1. The van der Waals surface area contributed by atoms with E-state index in [1.54, 1.807) is 4.90 Å². The van der Waals surface area contributed by atoms with Crippen molar-refractivity contribution in [2.75, 3.05) is 18.1 Å². The molecule has 2 aliphatic rings. The minimum Gasteiger partial charge on any atom is -0.455 e. The Morgan fingerprint density at radius 2 is 1.96 bits per heavy atom. The summed E-state index contributed by atoms with van der Waals surface area (Å²) in [5, 5.41) is 2.76. The summed E-state index contributed by atoms with van der Waals surface area (Å²) >= 11 is 0. The molecule has 1 N–H and O–H groups in total. The number of nitrogens with zero attached hydrogens (tertiary/aromatic N) is 1. The van der Waals surface area contributed by atoms with Crippen molar-refractivity contribution in [2.45, 2.75) is 38.6 Å². The number of esters is 1. The van der Waals surface area contributed by atoms with Gasteiger partial charge in [0.25, 0.3) is 5.91 Å². The van der Waals surface area contributed by atoms with Crippen LogP contribution >= 0.6 is 0 Å². The topological polar surface area (TPSA) is 75.7 Å². The van der Waals surface area contributed by atoms with Gasteiger partial charge in [-0.1, -0.05) is 19.1 Å². The van der Waals surface area contributed by atoms with Crippen molar-refractivity contribution in [1.29, 1.82) is 0 Å². The number of aryl methyl sites for hydroxylation is 1. The van der Waals surface area contributed by atoms with Gasteiger partial charge in [0.2, 0.25) is 5.91 Å². The van der Waals surface area contributed by atoms with Crippen LogP contribution in [0.1, 0.15) is 31.7 Å². The van der Waals surface area contributed by atoms with Crippen LogP contribution in [0.2, 0.25) is 0 Å². The lowest BCUT2D eigenvalue weighted by molar-refractivity contribution is -0.152. The van der Waals surface area contributed by atoms with Crippen LogP contribution in [0.25, 0.3) is 0 Å². The van der Waals surface area contributed by atoms with Crippen LogP contribution in [0.3, 0.4) is 0 Å². The molecule has 0 spiro atoms. The van der Waals surface area contributed by atoms with E-state index in [-0.39, 0.29) is 30.9 Å². The Labute approximate surface area is 141 Å². The Morgan fingerprint density at radius 1 is 1.25 bits per heavy atom. The van der Waals surface area contributed by atoms with Gasteiger partial charge in [-0.25, -0.2) is 0 Å². The molecule has 6 nitrogen and oxygen atoms in total. The van der Waals surface area contributed by atoms with Crippen LogP contribution in [0.15, 0.2) is 24.3 Å². The summed E-state index contributed by atoms with van der Waals surface area (Å²) in [6, 6.07) is 8.00. The van der Waals surface area contributed by atoms with Crippen molar-refractivity contribution in [1.82, 2.24) is 5.32 Å². The highest BCUT2D eigenvalue weighted by molar-refractivity contribution is 5.99. The highest BCUT2D eigenvalue weighted by Gasteiger charge is 2.36. The number of rotatable bonds is 6. The van der Waals surface area contributed by atoms with Crippen molar-refractivity contribution in [3.05, 3.63) is 29.8 Å². The van der Waals surface area contributed by atoms with E-state index in [1.807, 2.05) is 24.3 Å². The van der Waals surface area contributed by atoms with Crippen LogP contribution in [0.5, 0.6) is 0 Å². The first-order valence-corrected chi connectivity index (χ1v) is 8.42. The molecular formula is C18H22N2O4. The minimum atomic E-state index is -0.517. The average Bonchev–Trinajstić information content (AvgIpc) is 3.31. The monoisotopic (exact) mass is 330 g/mol. The molecule has 2 amide bonds. The number of ether oxygens (including phenoxy) is 1. The maximum Gasteiger partial charge on any atom is 0.311 e. The molecule has 1 aromatic rings. The third kappa shape index (κ3) is 3.93. The number of amides is 2. The smallest absolute Gasteiger partial charge is 0.311 e. The Hall–Kier alpha value is -2.37. The van der Waals surface area contributed by atoms with E-state index < -0.39 is 11.9 Å². The molecule has 1 heterocycles. The van der Waals surface area contributed by atoms with Crippen LogP contribution < -0.4 is 10.2 Å². The molecule has 1 saturated heterocycles. The molecule has 1 saturated carbocycles. The fraction of sp³-hybridized carbons (Fsp3) is 0.500. The van der Waals surface area contributed by atoms with Gasteiger partial charge in [-0.2, -0.15) is 0 Å². The number of benzene rings is 1. The Morgan fingerprint density at radius 3 is 2.58 bits per heavy atom. The summed E-state index contributed by atoms with van der Waals surface area (Å²) in [5.74, 6) is -1.37. The maximum absolute atomic E-state index is 12.2. The molecule has 24 heavy (non-hydrogen) atoms. The molecule has 1 unspecified atom stereocenters. The molecule has 0 bridgehead atoms. The number of carbonyl (C=O) groups excluding carboxylic acids is 3. The van der Waals surface area contributed by atoms with Gasteiger partial charge in [-0.05, 0) is 37.0 Å². The average molecular weight is 330 g/mol. The lowest BCUT2D eigenvalue weighted by Gasteiger charge is -2.17. The molecule has 1 aliphatic heterocycles. The van der Waals surface area contributed by atoms with E-state index in [9.17, 15) is 14.4 Å². The second-order valence-corrected chi connectivity index (χ2v) is 6.37. The van der Waals surface area contributed by atoms with E-state index in [1.165, 1.54) is 5.56 Å². The van der Waals surface area contributed by atoms with Crippen LogP contribution in [0.4, 0.5) is 5.69 Å². The van der Waals surface area contributed by atoms with Crippen LogP contribution in [-0.4, -0.2) is 37.0 Å². The number of nitrogens with one attached hydrogen (secondary N) is 1. The predicted octanol–water partition coefficient (Wildman–Crippen LogP) is 1.42. The lowest BCUT2D eigenvalue weighted by atomic mass is 10.1. The molecule has 6 heteroatoms. The molecule has 0 radical (unpaired) electrons. The maximum atomic E-state index is 12.2. The third-order valence-corrected chi connectivity index (χ3v) is 4.40. The molecule has 2 fully saturated rings. The highest BCUT2D eigenvalue weighted by Crippen LogP contribution is 2.26. The first-order chi connectivity index (χ1) is 11.6. The van der Waals surface area contributed by atoms with E-state index in [0.29, 0.717) is 6.54 Å². The van der Waals surface area contributed by atoms with Crippen molar-refractivity contribution < 1.29 is 19.1 Å². The number of hydrogen-bond donors (Lipinski definition) is 1. The Balaban J connectivity index is 1.52. The van der Waals surface area contributed by atoms with Gasteiger partial charge in [-0.15, -0.1) is 0 Å². The predicted molar refractivity (Wildman–Crippen MR) is 88.4 cm³/mol. The largest absolute Gasteiger partial charge is 0.455 e. The molecule has 1 atom stereocenters. The Kier molecular flexibility index (Phi) is 4.83. The number of carbonyl (C=O) groups is 3. The van der Waals surface area contributed by atoms with Crippen LogP contribution in [-0.2, 0) is 25.5 Å². The molecule has 1 aliphatic carbocycles. The van der Waals surface area contributed by atoms with Crippen molar-refractivity contribution in [3.63, 3.8) is 0 Å². The zero-order valence-corrected chi connectivity index (χ0v) is 13.8. The number of hydrogen-bond acceptors (Lipinski definition) is 4. The summed E-state index contributed by atoms with van der Waals surface area (Å²) in [7, 11) is 0. The summed E-state index contributed by atoms with van der Waals surface area (Å²) in [5.41, 5.74) is 1.99. The van der Waals surface area contributed by atoms with Crippen LogP contribution in [0, 0.1) is 5.92 Å². The molecule has 128 valence electrons. The SMILES string of the molecule is CCc1ccc(N2CC(C(=O)OCC(=O)NC3CC3)CC2=O)cc1. The summed E-state index contributed by atoms with van der Waals surface area (Å²) in [4.78, 5) is 37.4. The fourth-order valence-electron chi connectivity index (χ4n) is 2.78.